The van der Waals surface area contributed by atoms with Gasteiger partial charge in [-0.05, 0) is 68.5 Å². The highest BCUT2D eigenvalue weighted by molar-refractivity contribution is 5.96. The second-order valence-electron chi connectivity index (χ2n) is 8.11. The predicted octanol–water partition coefficient (Wildman–Crippen LogP) is 4.09. The summed E-state index contributed by atoms with van der Waals surface area (Å²) in [7, 11) is 0. The van der Waals surface area contributed by atoms with E-state index in [1.165, 1.54) is 18.5 Å². The molecule has 0 bridgehead atoms. The van der Waals surface area contributed by atoms with Gasteiger partial charge in [-0.2, -0.15) is 0 Å². The summed E-state index contributed by atoms with van der Waals surface area (Å²) in [5.74, 6) is 0.0792. The summed E-state index contributed by atoms with van der Waals surface area (Å²) in [5.41, 5.74) is 3.82. The molecule has 2 saturated heterocycles. The van der Waals surface area contributed by atoms with Crippen LogP contribution in [0.3, 0.4) is 0 Å². The van der Waals surface area contributed by atoms with Crippen molar-refractivity contribution in [3.8, 4) is 0 Å². The van der Waals surface area contributed by atoms with Crippen LogP contribution >= 0.6 is 0 Å². The normalized spacial score (nSPS) is 17.4. The zero-order valence-electron chi connectivity index (χ0n) is 17.1. The Morgan fingerprint density at radius 1 is 0.897 bits per heavy atom. The maximum absolute atomic E-state index is 12.8. The van der Waals surface area contributed by atoms with E-state index in [1.807, 2.05) is 48.2 Å². The van der Waals surface area contributed by atoms with E-state index in [4.69, 9.17) is 0 Å². The smallest absolute Gasteiger partial charge is 0.254 e. The van der Waals surface area contributed by atoms with E-state index < -0.39 is 0 Å². The highest BCUT2D eigenvalue weighted by Crippen LogP contribution is 2.24. The third-order valence-corrected chi connectivity index (χ3v) is 6.13. The standard InChI is InChI=1S/C24H29N3O2/c1-18-6-2-3-7-22(18)24(29)27-16-12-19(13-17-27)23(28)25-20-8-10-21(11-9-20)26-14-4-5-15-26/h2-3,6-11,19H,4-5,12-17H2,1H3,(H,25,28). The molecule has 4 rings (SSSR count). The van der Waals surface area contributed by atoms with Gasteiger partial charge in [-0.25, -0.2) is 0 Å². The lowest BCUT2D eigenvalue weighted by Gasteiger charge is -2.31. The first-order valence-electron chi connectivity index (χ1n) is 10.6. The minimum Gasteiger partial charge on any atom is -0.372 e. The molecule has 2 fully saturated rings. The number of rotatable bonds is 4. The second-order valence-corrected chi connectivity index (χ2v) is 8.11. The van der Waals surface area contributed by atoms with E-state index in [-0.39, 0.29) is 17.7 Å². The van der Waals surface area contributed by atoms with Gasteiger partial charge in [0.2, 0.25) is 5.91 Å². The van der Waals surface area contributed by atoms with Crippen molar-refractivity contribution in [2.45, 2.75) is 32.6 Å². The number of likely N-dealkylation sites (tertiary alicyclic amines) is 1. The molecule has 2 aromatic carbocycles. The van der Waals surface area contributed by atoms with Crippen LogP contribution in [-0.2, 0) is 4.79 Å². The molecule has 2 aromatic rings. The number of nitrogens with one attached hydrogen (secondary N) is 1. The number of carbonyl (C=O) groups excluding carboxylic acids is 2. The Bertz CT molecular complexity index is 864. The molecule has 29 heavy (non-hydrogen) atoms. The molecule has 0 aromatic heterocycles. The van der Waals surface area contributed by atoms with Gasteiger partial charge in [0.25, 0.3) is 5.91 Å². The highest BCUT2D eigenvalue weighted by atomic mass is 16.2. The van der Waals surface area contributed by atoms with Crippen molar-refractivity contribution in [3.63, 3.8) is 0 Å². The van der Waals surface area contributed by atoms with Gasteiger partial charge in [-0.1, -0.05) is 18.2 Å². The lowest BCUT2D eigenvalue weighted by atomic mass is 9.95. The highest BCUT2D eigenvalue weighted by Gasteiger charge is 2.28. The first-order chi connectivity index (χ1) is 14.1. The number of carbonyl (C=O) groups is 2. The van der Waals surface area contributed by atoms with Gasteiger partial charge in [-0.15, -0.1) is 0 Å². The predicted molar refractivity (Wildman–Crippen MR) is 116 cm³/mol. The van der Waals surface area contributed by atoms with Crippen LogP contribution in [0.15, 0.2) is 48.5 Å². The number of benzene rings is 2. The largest absolute Gasteiger partial charge is 0.372 e. The van der Waals surface area contributed by atoms with E-state index in [0.29, 0.717) is 25.9 Å². The van der Waals surface area contributed by atoms with Gasteiger partial charge in [0.05, 0.1) is 0 Å². The molecular formula is C24H29N3O2. The van der Waals surface area contributed by atoms with Crippen LogP contribution in [0.25, 0.3) is 0 Å². The van der Waals surface area contributed by atoms with E-state index in [9.17, 15) is 9.59 Å². The fourth-order valence-electron chi connectivity index (χ4n) is 4.30. The summed E-state index contributed by atoms with van der Waals surface area (Å²) in [5, 5.41) is 3.05. The third kappa shape index (κ3) is 4.44. The Labute approximate surface area is 172 Å². The number of amides is 2. The van der Waals surface area contributed by atoms with Gasteiger partial charge in [0.15, 0.2) is 0 Å². The summed E-state index contributed by atoms with van der Waals surface area (Å²) in [6, 6.07) is 15.8. The Morgan fingerprint density at radius 2 is 1.55 bits per heavy atom. The maximum atomic E-state index is 12.8. The Morgan fingerprint density at radius 3 is 2.21 bits per heavy atom. The van der Waals surface area contributed by atoms with Crippen LogP contribution in [0.2, 0.25) is 0 Å². The Balaban J connectivity index is 1.30. The van der Waals surface area contributed by atoms with Crippen LogP contribution in [0, 0.1) is 12.8 Å². The minimum absolute atomic E-state index is 0.0471. The van der Waals surface area contributed by atoms with Gasteiger partial charge in [0.1, 0.15) is 0 Å². The molecule has 2 amide bonds. The number of anilines is 2. The van der Waals surface area contributed by atoms with E-state index in [2.05, 4.69) is 22.3 Å². The molecule has 0 aliphatic carbocycles. The maximum Gasteiger partial charge on any atom is 0.254 e. The van der Waals surface area contributed by atoms with Gasteiger partial charge >= 0.3 is 0 Å². The first-order valence-corrected chi connectivity index (χ1v) is 10.6. The molecule has 2 aliphatic heterocycles. The monoisotopic (exact) mass is 391 g/mol. The lowest BCUT2D eigenvalue weighted by Crippen LogP contribution is -2.41. The molecule has 5 nitrogen and oxygen atoms in total. The second kappa shape index (κ2) is 8.68. The van der Waals surface area contributed by atoms with Crippen molar-refractivity contribution >= 4 is 23.2 Å². The minimum atomic E-state index is -0.0471. The summed E-state index contributed by atoms with van der Waals surface area (Å²) >= 11 is 0. The fourth-order valence-corrected chi connectivity index (χ4v) is 4.30. The molecule has 5 heteroatoms. The van der Waals surface area contributed by atoms with Gasteiger partial charge in [-0.3, -0.25) is 9.59 Å². The molecule has 0 spiro atoms. The molecular weight excluding hydrogens is 362 g/mol. The van der Waals surface area contributed by atoms with E-state index >= 15 is 0 Å². The summed E-state index contributed by atoms with van der Waals surface area (Å²) in [6.07, 6.45) is 3.91. The zero-order chi connectivity index (χ0) is 20.2. The summed E-state index contributed by atoms with van der Waals surface area (Å²) in [4.78, 5) is 29.7. The van der Waals surface area contributed by atoms with Gasteiger partial charge in [0, 0.05) is 49.0 Å². The van der Waals surface area contributed by atoms with Crippen molar-refractivity contribution in [2.75, 3.05) is 36.4 Å². The van der Waals surface area contributed by atoms with Crippen molar-refractivity contribution in [1.29, 1.82) is 0 Å². The topological polar surface area (TPSA) is 52.7 Å². The number of nitrogens with zero attached hydrogens (tertiary/aromatic N) is 2. The SMILES string of the molecule is Cc1ccccc1C(=O)N1CCC(C(=O)Nc2ccc(N3CCCC3)cc2)CC1. The zero-order valence-corrected chi connectivity index (χ0v) is 17.1. The van der Waals surface area contributed by atoms with Crippen LogP contribution in [0.5, 0.6) is 0 Å². The fraction of sp³-hybridized carbons (Fsp3) is 0.417. The van der Waals surface area contributed by atoms with Crippen LogP contribution in [0.4, 0.5) is 11.4 Å². The Kier molecular flexibility index (Phi) is 5.84. The first kappa shape index (κ1) is 19.5. The van der Waals surface area contributed by atoms with E-state index in [0.717, 1.165) is 29.9 Å². The lowest BCUT2D eigenvalue weighted by molar-refractivity contribution is -0.121. The third-order valence-electron chi connectivity index (χ3n) is 6.13. The van der Waals surface area contributed by atoms with Crippen LogP contribution in [0.1, 0.15) is 41.6 Å². The molecule has 0 atom stereocenters. The van der Waals surface area contributed by atoms with Crippen molar-refractivity contribution in [3.05, 3.63) is 59.7 Å². The van der Waals surface area contributed by atoms with Crippen LogP contribution in [-0.4, -0.2) is 42.9 Å². The van der Waals surface area contributed by atoms with Crippen molar-refractivity contribution < 1.29 is 9.59 Å². The van der Waals surface area contributed by atoms with Crippen molar-refractivity contribution in [1.82, 2.24) is 4.90 Å². The molecule has 2 aliphatic rings. The molecule has 0 radical (unpaired) electrons. The summed E-state index contributed by atoms with van der Waals surface area (Å²) < 4.78 is 0. The number of hydrogen-bond acceptors (Lipinski definition) is 3. The Hall–Kier alpha value is -2.82. The number of piperidine rings is 1. The number of aryl methyl sites for hydroxylation is 1. The average molecular weight is 392 g/mol. The molecule has 0 saturated carbocycles. The summed E-state index contributed by atoms with van der Waals surface area (Å²) in [6.45, 7) is 5.44. The van der Waals surface area contributed by atoms with Crippen molar-refractivity contribution in [2.24, 2.45) is 5.92 Å². The molecule has 0 unspecified atom stereocenters. The average Bonchev–Trinajstić information content (AvgIpc) is 3.29. The number of hydrogen-bond donors (Lipinski definition) is 1. The molecule has 152 valence electrons. The van der Waals surface area contributed by atoms with Crippen LogP contribution < -0.4 is 10.2 Å². The quantitative estimate of drug-likeness (QED) is 0.854. The van der Waals surface area contributed by atoms with Gasteiger partial charge < -0.3 is 15.1 Å². The molecule has 1 N–H and O–H groups in total. The molecule has 2 heterocycles. The van der Waals surface area contributed by atoms with E-state index in [1.54, 1.807) is 0 Å².